The fourth-order valence-corrected chi connectivity index (χ4v) is 3.10. The number of ether oxygens (including phenoxy) is 3. The molecule has 1 rings (SSSR count). The molecule has 0 aromatic heterocycles. The Labute approximate surface area is 146 Å². The number of unbranched alkanes of at least 4 members (excludes halogenated alkanes) is 6. The van der Waals surface area contributed by atoms with Crippen molar-refractivity contribution in [1.82, 2.24) is 0 Å². The number of carbonyl (C=O) groups is 1. The van der Waals surface area contributed by atoms with E-state index in [0.29, 0.717) is 6.61 Å². The van der Waals surface area contributed by atoms with Gasteiger partial charge in [-0.05, 0) is 12.8 Å². The van der Waals surface area contributed by atoms with E-state index in [1.165, 1.54) is 38.5 Å². The monoisotopic (exact) mass is 341 g/mol. The molecule has 1 saturated heterocycles. The average Bonchev–Trinajstić information content (AvgIpc) is 2.59. The Hall–Kier alpha value is -0.910. The number of hydrogen-bond acceptors (Lipinski definition) is 5. The SMILES string of the molecule is CCCCCCCCC=C[C@@H]1OC[C@H](C)[C@H](OC)[C@H]1OC(=O)CN. The molecule has 0 bridgehead atoms. The van der Waals surface area contributed by atoms with Crippen molar-refractivity contribution in [3.8, 4) is 0 Å². The average molecular weight is 341 g/mol. The van der Waals surface area contributed by atoms with Crippen LogP contribution in [0.2, 0.25) is 0 Å². The van der Waals surface area contributed by atoms with E-state index in [2.05, 4.69) is 13.0 Å². The zero-order valence-electron chi connectivity index (χ0n) is 15.5. The second-order valence-corrected chi connectivity index (χ2v) is 6.62. The van der Waals surface area contributed by atoms with E-state index in [1.54, 1.807) is 7.11 Å². The highest BCUT2D eigenvalue weighted by Crippen LogP contribution is 2.26. The first-order chi connectivity index (χ1) is 11.6. The van der Waals surface area contributed by atoms with Crippen LogP contribution in [0.4, 0.5) is 0 Å². The minimum absolute atomic E-state index is 0.129. The minimum Gasteiger partial charge on any atom is -0.455 e. The molecule has 4 atom stereocenters. The van der Waals surface area contributed by atoms with Crippen LogP contribution in [0.15, 0.2) is 12.2 Å². The van der Waals surface area contributed by atoms with Crippen LogP contribution in [0.3, 0.4) is 0 Å². The van der Waals surface area contributed by atoms with Gasteiger partial charge in [0.25, 0.3) is 0 Å². The number of hydrogen-bond donors (Lipinski definition) is 1. The van der Waals surface area contributed by atoms with Gasteiger partial charge >= 0.3 is 5.97 Å². The van der Waals surface area contributed by atoms with Gasteiger partial charge in [-0.1, -0.05) is 58.1 Å². The Morgan fingerprint density at radius 2 is 1.92 bits per heavy atom. The summed E-state index contributed by atoms with van der Waals surface area (Å²) in [5, 5.41) is 0. The van der Waals surface area contributed by atoms with Crippen molar-refractivity contribution in [2.24, 2.45) is 11.7 Å². The van der Waals surface area contributed by atoms with Crippen LogP contribution < -0.4 is 5.73 Å². The molecule has 140 valence electrons. The topological polar surface area (TPSA) is 70.8 Å². The minimum atomic E-state index is -0.435. The van der Waals surface area contributed by atoms with Gasteiger partial charge in [-0.15, -0.1) is 0 Å². The van der Waals surface area contributed by atoms with Crippen molar-refractivity contribution in [3.05, 3.63) is 12.2 Å². The summed E-state index contributed by atoms with van der Waals surface area (Å²) >= 11 is 0. The number of allylic oxidation sites excluding steroid dienone is 1. The lowest BCUT2D eigenvalue weighted by Gasteiger charge is -2.39. The Morgan fingerprint density at radius 3 is 2.58 bits per heavy atom. The van der Waals surface area contributed by atoms with Crippen molar-refractivity contribution in [2.75, 3.05) is 20.3 Å². The van der Waals surface area contributed by atoms with Crippen molar-refractivity contribution < 1.29 is 19.0 Å². The molecule has 0 aliphatic carbocycles. The second kappa shape index (κ2) is 12.5. The van der Waals surface area contributed by atoms with E-state index in [4.69, 9.17) is 19.9 Å². The molecule has 1 fully saturated rings. The van der Waals surface area contributed by atoms with Crippen LogP contribution in [-0.2, 0) is 19.0 Å². The van der Waals surface area contributed by atoms with Gasteiger partial charge in [0.2, 0.25) is 0 Å². The molecule has 0 aromatic carbocycles. The van der Waals surface area contributed by atoms with Gasteiger partial charge in [0.15, 0.2) is 6.10 Å². The lowest BCUT2D eigenvalue weighted by molar-refractivity contribution is -0.189. The fourth-order valence-electron chi connectivity index (χ4n) is 3.10. The Morgan fingerprint density at radius 1 is 1.21 bits per heavy atom. The molecule has 0 unspecified atom stereocenters. The molecular weight excluding hydrogens is 306 g/mol. The maximum Gasteiger partial charge on any atom is 0.320 e. The first-order valence-electron chi connectivity index (χ1n) is 9.34. The van der Waals surface area contributed by atoms with E-state index in [0.717, 1.165) is 6.42 Å². The first-order valence-corrected chi connectivity index (χ1v) is 9.34. The lowest BCUT2D eigenvalue weighted by Crippen LogP contribution is -2.52. The van der Waals surface area contributed by atoms with Crippen molar-refractivity contribution in [3.63, 3.8) is 0 Å². The van der Waals surface area contributed by atoms with Crippen LogP contribution in [0.1, 0.15) is 58.8 Å². The third-order valence-electron chi connectivity index (χ3n) is 4.52. The third-order valence-corrected chi connectivity index (χ3v) is 4.52. The molecule has 24 heavy (non-hydrogen) atoms. The normalized spacial score (nSPS) is 27.5. The van der Waals surface area contributed by atoms with Gasteiger partial charge in [0, 0.05) is 13.0 Å². The zero-order chi connectivity index (χ0) is 17.8. The highest BCUT2D eigenvalue weighted by molar-refractivity contribution is 5.71. The predicted octanol–water partition coefficient (Wildman–Crippen LogP) is 3.21. The van der Waals surface area contributed by atoms with Crippen LogP contribution in [-0.4, -0.2) is 44.5 Å². The molecule has 2 N–H and O–H groups in total. The molecule has 1 aliphatic heterocycles. The first kappa shape index (κ1) is 21.1. The summed E-state index contributed by atoms with van der Waals surface area (Å²) in [6.07, 6.45) is 12.0. The Balaban J connectivity index is 2.46. The number of nitrogens with two attached hydrogens (primary N) is 1. The summed E-state index contributed by atoms with van der Waals surface area (Å²) in [5.41, 5.74) is 5.37. The smallest absolute Gasteiger partial charge is 0.320 e. The molecule has 5 heteroatoms. The maximum atomic E-state index is 11.6. The standard InChI is InChI=1S/C19H35NO4/c1-4-5-6-7-8-9-10-11-12-16-19(24-17(21)13-20)18(22-3)15(2)14-23-16/h11-12,15-16,18-19H,4-10,13-14,20H2,1-3H3/t15-,16-,18-,19-/m0/s1. The van der Waals surface area contributed by atoms with Crippen molar-refractivity contribution >= 4 is 5.97 Å². The predicted molar refractivity (Wildman–Crippen MR) is 95.8 cm³/mol. The van der Waals surface area contributed by atoms with Gasteiger partial charge in [-0.2, -0.15) is 0 Å². The lowest BCUT2D eigenvalue weighted by atomic mass is 9.93. The van der Waals surface area contributed by atoms with Gasteiger partial charge in [0.1, 0.15) is 12.2 Å². The van der Waals surface area contributed by atoms with Gasteiger partial charge in [0.05, 0.1) is 13.2 Å². The summed E-state index contributed by atoms with van der Waals surface area (Å²) in [7, 11) is 1.65. The molecule has 0 radical (unpaired) electrons. The van der Waals surface area contributed by atoms with Crippen LogP contribution in [0.5, 0.6) is 0 Å². The van der Waals surface area contributed by atoms with Crippen molar-refractivity contribution in [1.29, 1.82) is 0 Å². The molecule has 0 aromatic rings. The number of rotatable bonds is 11. The summed E-state index contributed by atoms with van der Waals surface area (Å²) in [6, 6.07) is 0. The van der Waals surface area contributed by atoms with Crippen molar-refractivity contribution in [2.45, 2.75) is 77.1 Å². The van der Waals surface area contributed by atoms with Gasteiger partial charge < -0.3 is 19.9 Å². The molecule has 1 heterocycles. The summed E-state index contributed by atoms with van der Waals surface area (Å²) in [4.78, 5) is 11.6. The Bertz CT molecular complexity index is 372. The molecule has 0 amide bonds. The maximum absolute atomic E-state index is 11.6. The second-order valence-electron chi connectivity index (χ2n) is 6.62. The molecule has 5 nitrogen and oxygen atoms in total. The summed E-state index contributed by atoms with van der Waals surface area (Å²) < 4.78 is 16.9. The third kappa shape index (κ3) is 7.32. The largest absolute Gasteiger partial charge is 0.455 e. The number of carbonyl (C=O) groups excluding carboxylic acids is 1. The highest BCUT2D eigenvalue weighted by atomic mass is 16.6. The number of esters is 1. The van der Waals surface area contributed by atoms with Crippen LogP contribution in [0, 0.1) is 5.92 Å². The molecular formula is C19H35NO4. The van der Waals surface area contributed by atoms with E-state index in [1.807, 2.05) is 13.0 Å². The van der Waals surface area contributed by atoms with E-state index >= 15 is 0 Å². The summed E-state index contributed by atoms with van der Waals surface area (Å²) in [5.74, 6) is -0.247. The molecule has 0 spiro atoms. The van der Waals surface area contributed by atoms with E-state index in [9.17, 15) is 4.79 Å². The van der Waals surface area contributed by atoms with Gasteiger partial charge in [-0.3, -0.25) is 4.79 Å². The fraction of sp³-hybridized carbons (Fsp3) is 0.842. The van der Waals surface area contributed by atoms with E-state index in [-0.39, 0.29) is 24.7 Å². The van der Waals surface area contributed by atoms with E-state index < -0.39 is 12.1 Å². The zero-order valence-corrected chi connectivity index (χ0v) is 15.5. The molecule has 0 saturated carbocycles. The molecule has 1 aliphatic rings. The summed E-state index contributed by atoms with van der Waals surface area (Å²) in [6.45, 7) is 4.74. The Kier molecular flexibility index (Phi) is 11.0. The van der Waals surface area contributed by atoms with Crippen LogP contribution in [0.25, 0.3) is 0 Å². The number of methoxy groups -OCH3 is 1. The van der Waals surface area contributed by atoms with Crippen LogP contribution >= 0.6 is 0 Å². The quantitative estimate of drug-likeness (QED) is 0.355. The van der Waals surface area contributed by atoms with Gasteiger partial charge in [-0.25, -0.2) is 0 Å². The highest BCUT2D eigenvalue weighted by Gasteiger charge is 2.40.